The summed E-state index contributed by atoms with van der Waals surface area (Å²) in [5.74, 6) is 0. The van der Waals surface area contributed by atoms with E-state index in [1.807, 2.05) is 6.92 Å². The van der Waals surface area contributed by atoms with Gasteiger partial charge in [0, 0.05) is 20.1 Å². The van der Waals surface area contributed by atoms with E-state index in [2.05, 4.69) is 15.5 Å². The highest BCUT2D eigenvalue weighted by Gasteiger charge is 2.27. The monoisotopic (exact) mass is 274 g/mol. The first-order valence-corrected chi connectivity index (χ1v) is 7.53. The Hall–Kier alpha value is -0.920. The van der Waals surface area contributed by atoms with Crippen LogP contribution in [-0.4, -0.2) is 43.6 Å². The Morgan fingerprint density at radius 1 is 1.44 bits per heavy atom. The van der Waals surface area contributed by atoms with Crippen LogP contribution in [0.25, 0.3) is 0 Å². The summed E-state index contributed by atoms with van der Waals surface area (Å²) in [6.45, 7) is 4.73. The van der Waals surface area contributed by atoms with E-state index in [-0.39, 0.29) is 0 Å². The van der Waals surface area contributed by atoms with Crippen LogP contribution in [-0.2, 0) is 16.6 Å². The number of hydrogen-bond acceptors (Lipinski definition) is 4. The Morgan fingerprint density at radius 3 is 2.67 bits per heavy atom. The highest BCUT2D eigenvalue weighted by atomic mass is 32.2. The molecule has 1 aromatic rings. The zero-order chi connectivity index (χ0) is 13.8. The summed E-state index contributed by atoms with van der Waals surface area (Å²) in [5, 5.41) is 9.71. The molecule has 0 atom stereocenters. The molecule has 1 rings (SSSR count). The van der Waals surface area contributed by atoms with Gasteiger partial charge in [0.25, 0.3) is 0 Å². The number of aryl methyl sites for hydroxylation is 1. The molecule has 6 nitrogen and oxygen atoms in total. The van der Waals surface area contributed by atoms with Gasteiger partial charge in [0.15, 0.2) is 0 Å². The molecule has 2 N–H and O–H groups in total. The van der Waals surface area contributed by atoms with Crippen LogP contribution in [0, 0.1) is 6.92 Å². The molecular weight excluding hydrogens is 252 g/mol. The predicted octanol–water partition coefficient (Wildman–Crippen LogP) is 0.858. The Labute approximate surface area is 109 Å². The summed E-state index contributed by atoms with van der Waals surface area (Å²) < 4.78 is 26.3. The van der Waals surface area contributed by atoms with Crippen molar-refractivity contribution in [2.45, 2.75) is 38.1 Å². The molecule has 0 saturated carbocycles. The quantitative estimate of drug-likeness (QED) is 0.773. The lowest BCUT2D eigenvalue weighted by Gasteiger charge is -2.17. The molecule has 0 radical (unpaired) electrons. The summed E-state index contributed by atoms with van der Waals surface area (Å²) in [6.07, 6.45) is 1.82. The average Bonchev–Trinajstić information content (AvgIpc) is 2.68. The smallest absolute Gasteiger partial charge is 0.246 e. The van der Waals surface area contributed by atoms with Gasteiger partial charge in [-0.05, 0) is 20.4 Å². The van der Waals surface area contributed by atoms with Crippen molar-refractivity contribution in [1.29, 1.82) is 0 Å². The highest BCUT2D eigenvalue weighted by Crippen LogP contribution is 2.21. The fraction of sp³-hybridized carbons (Fsp3) is 0.727. The number of aromatic nitrogens is 2. The fourth-order valence-electron chi connectivity index (χ4n) is 1.76. The highest BCUT2D eigenvalue weighted by molar-refractivity contribution is 7.89. The molecule has 0 unspecified atom stereocenters. The van der Waals surface area contributed by atoms with Gasteiger partial charge in [-0.2, -0.15) is 5.10 Å². The van der Waals surface area contributed by atoms with Crippen LogP contribution in [0.1, 0.15) is 31.2 Å². The van der Waals surface area contributed by atoms with Crippen molar-refractivity contribution in [3.63, 3.8) is 0 Å². The SMILES string of the molecule is CCCCN(C)S(=O)(=O)c1c(CNC)n[nH]c1C. The lowest BCUT2D eigenvalue weighted by Crippen LogP contribution is -2.29. The molecular formula is C11H22N4O2S. The lowest BCUT2D eigenvalue weighted by molar-refractivity contribution is 0.458. The molecule has 0 bridgehead atoms. The Bertz CT molecular complexity index is 481. The van der Waals surface area contributed by atoms with Crippen molar-refractivity contribution in [2.75, 3.05) is 20.6 Å². The number of aromatic amines is 1. The normalized spacial score (nSPS) is 12.3. The average molecular weight is 274 g/mol. The summed E-state index contributed by atoms with van der Waals surface area (Å²) >= 11 is 0. The van der Waals surface area contributed by atoms with Crippen molar-refractivity contribution < 1.29 is 8.42 Å². The molecule has 7 heteroatoms. The van der Waals surface area contributed by atoms with E-state index in [0.717, 1.165) is 12.8 Å². The zero-order valence-corrected chi connectivity index (χ0v) is 12.3. The maximum Gasteiger partial charge on any atom is 0.246 e. The van der Waals surface area contributed by atoms with Gasteiger partial charge in [-0.1, -0.05) is 13.3 Å². The van der Waals surface area contributed by atoms with E-state index in [1.54, 1.807) is 21.0 Å². The number of H-pyrrole nitrogens is 1. The molecule has 0 spiro atoms. The summed E-state index contributed by atoms with van der Waals surface area (Å²) in [4.78, 5) is 0.301. The molecule has 0 aliphatic carbocycles. The molecule has 18 heavy (non-hydrogen) atoms. The molecule has 0 aliphatic rings. The minimum absolute atomic E-state index is 0.301. The number of rotatable bonds is 7. The van der Waals surface area contributed by atoms with Crippen LogP contribution < -0.4 is 5.32 Å². The molecule has 0 fully saturated rings. The summed E-state index contributed by atoms with van der Waals surface area (Å²) in [6, 6.07) is 0. The fourth-order valence-corrected chi connectivity index (χ4v) is 3.28. The third kappa shape index (κ3) is 3.09. The van der Waals surface area contributed by atoms with E-state index in [9.17, 15) is 8.42 Å². The first kappa shape index (κ1) is 15.1. The van der Waals surface area contributed by atoms with Crippen molar-refractivity contribution in [1.82, 2.24) is 19.8 Å². The van der Waals surface area contributed by atoms with Crippen molar-refractivity contribution >= 4 is 10.0 Å². The zero-order valence-electron chi connectivity index (χ0n) is 11.4. The number of nitrogens with zero attached hydrogens (tertiary/aromatic N) is 2. The first-order chi connectivity index (χ1) is 8.45. The minimum Gasteiger partial charge on any atom is -0.314 e. The Kier molecular flexibility index (Phi) is 5.30. The van der Waals surface area contributed by atoms with Gasteiger partial charge in [0.05, 0.1) is 11.4 Å². The van der Waals surface area contributed by atoms with Crippen LogP contribution >= 0.6 is 0 Å². The number of nitrogens with one attached hydrogen (secondary N) is 2. The van der Waals surface area contributed by atoms with Crippen LogP contribution in [0.5, 0.6) is 0 Å². The van der Waals surface area contributed by atoms with Crippen molar-refractivity contribution in [2.24, 2.45) is 0 Å². The molecule has 1 heterocycles. The number of sulfonamides is 1. The van der Waals surface area contributed by atoms with Crippen molar-refractivity contribution in [3.05, 3.63) is 11.4 Å². The Morgan fingerprint density at radius 2 is 2.11 bits per heavy atom. The molecule has 1 aromatic heterocycles. The largest absolute Gasteiger partial charge is 0.314 e. The molecule has 0 aromatic carbocycles. The topological polar surface area (TPSA) is 78.1 Å². The van der Waals surface area contributed by atoms with Gasteiger partial charge < -0.3 is 5.32 Å². The predicted molar refractivity (Wildman–Crippen MR) is 70.8 cm³/mol. The second kappa shape index (κ2) is 6.31. The van der Waals surface area contributed by atoms with E-state index >= 15 is 0 Å². The maximum absolute atomic E-state index is 12.5. The number of hydrogen-bond donors (Lipinski definition) is 2. The molecule has 104 valence electrons. The van der Waals surface area contributed by atoms with Gasteiger partial charge >= 0.3 is 0 Å². The van der Waals surface area contributed by atoms with Gasteiger partial charge in [-0.25, -0.2) is 12.7 Å². The first-order valence-electron chi connectivity index (χ1n) is 6.09. The van der Waals surface area contributed by atoms with E-state index in [4.69, 9.17) is 0 Å². The third-order valence-electron chi connectivity index (χ3n) is 2.80. The lowest BCUT2D eigenvalue weighted by atomic mass is 10.3. The van der Waals surface area contributed by atoms with Crippen LogP contribution in [0.4, 0.5) is 0 Å². The second-order valence-corrected chi connectivity index (χ2v) is 6.32. The van der Waals surface area contributed by atoms with Crippen LogP contribution in [0.3, 0.4) is 0 Å². The maximum atomic E-state index is 12.5. The number of unbranched alkanes of at least 4 members (excludes halogenated alkanes) is 1. The van der Waals surface area contributed by atoms with Gasteiger partial charge in [0.2, 0.25) is 10.0 Å². The molecule has 0 saturated heterocycles. The van der Waals surface area contributed by atoms with Gasteiger partial charge in [0.1, 0.15) is 4.90 Å². The van der Waals surface area contributed by atoms with E-state index in [0.29, 0.717) is 29.4 Å². The third-order valence-corrected chi connectivity index (χ3v) is 4.86. The summed E-state index contributed by atoms with van der Waals surface area (Å²) in [5.41, 5.74) is 1.13. The van der Waals surface area contributed by atoms with Crippen LogP contribution in [0.15, 0.2) is 4.90 Å². The molecule has 0 amide bonds. The second-order valence-electron chi connectivity index (χ2n) is 4.33. The minimum atomic E-state index is -3.45. The van der Waals surface area contributed by atoms with Gasteiger partial charge in [-0.15, -0.1) is 0 Å². The van der Waals surface area contributed by atoms with Crippen LogP contribution in [0.2, 0.25) is 0 Å². The molecule has 0 aliphatic heterocycles. The van der Waals surface area contributed by atoms with Gasteiger partial charge in [-0.3, -0.25) is 5.10 Å². The Balaban J connectivity index is 3.07. The van der Waals surface area contributed by atoms with E-state index in [1.165, 1.54) is 4.31 Å². The standard InChI is InChI=1S/C11H22N4O2S/c1-5-6-7-15(4)18(16,17)11-9(2)13-14-10(11)8-12-3/h12H,5-8H2,1-4H3,(H,13,14). The summed E-state index contributed by atoms with van der Waals surface area (Å²) in [7, 11) is -0.0750. The van der Waals surface area contributed by atoms with E-state index < -0.39 is 10.0 Å². The van der Waals surface area contributed by atoms with Crippen molar-refractivity contribution in [3.8, 4) is 0 Å².